The van der Waals surface area contributed by atoms with Gasteiger partial charge in [0.05, 0.1) is 0 Å². The van der Waals surface area contributed by atoms with Crippen LogP contribution in [0.5, 0.6) is 0 Å². The molecule has 0 spiro atoms. The summed E-state index contributed by atoms with van der Waals surface area (Å²) < 4.78 is 0. The van der Waals surface area contributed by atoms with E-state index in [1.54, 1.807) is 0 Å². The van der Waals surface area contributed by atoms with Crippen molar-refractivity contribution < 1.29 is 10.1 Å². The van der Waals surface area contributed by atoms with Crippen molar-refractivity contribution in [2.24, 2.45) is 5.92 Å². The molecule has 53 heavy (non-hydrogen) atoms. The van der Waals surface area contributed by atoms with E-state index in [0.29, 0.717) is 27.3 Å². The maximum atomic E-state index is 2.53. The normalized spacial score (nSPS) is 15.1. The fourth-order valence-electron chi connectivity index (χ4n) is 7.04. The molecule has 1 aliphatic carbocycles. The van der Waals surface area contributed by atoms with Gasteiger partial charge in [0.25, 0.3) is 0 Å². The van der Waals surface area contributed by atoms with E-state index in [4.69, 9.17) is 0 Å². The molecule has 1 saturated carbocycles. The van der Waals surface area contributed by atoms with E-state index >= 15 is 0 Å². The van der Waals surface area contributed by atoms with Crippen LogP contribution in [-0.2, 0) is 10.1 Å². The molecule has 0 nitrogen and oxygen atoms in total. The molecule has 0 bridgehead atoms. The van der Waals surface area contributed by atoms with Crippen LogP contribution in [0, 0.1) is 98.8 Å². The van der Waals surface area contributed by atoms with Gasteiger partial charge in [-0.05, 0) is 136 Å². The van der Waals surface area contributed by atoms with Gasteiger partial charge in [-0.2, -0.15) is 0 Å². The predicted octanol–water partition coefficient (Wildman–Crippen LogP) is 13.5. The van der Waals surface area contributed by atoms with Crippen LogP contribution >= 0.6 is 55.3 Å². The van der Waals surface area contributed by atoms with Crippen molar-refractivity contribution in [3.63, 3.8) is 0 Å². The first kappa shape index (κ1) is 46.9. The zero-order chi connectivity index (χ0) is 39.4. The van der Waals surface area contributed by atoms with E-state index in [2.05, 4.69) is 240 Å². The Morgan fingerprint density at radius 3 is 0.849 bits per heavy atom. The first-order valence-corrected chi connectivity index (χ1v) is 31.7. The molecule has 0 N–H and O–H groups in total. The fourth-order valence-corrected chi connectivity index (χ4v) is 12.8. The Labute approximate surface area is 357 Å². The number of hydrogen-bond acceptors (Lipinski definition) is 0. The van der Waals surface area contributed by atoms with Gasteiger partial charge in [-0.3, -0.25) is 0 Å². The topological polar surface area (TPSA) is 0 Å². The summed E-state index contributed by atoms with van der Waals surface area (Å²) in [5.41, 5.74) is 11.7. The first-order chi connectivity index (χ1) is 25.0. The van der Waals surface area contributed by atoms with Gasteiger partial charge in [0, 0.05) is 11.3 Å². The standard InChI is InChI=1S/C38H46P2.C10H14.2HI.Ru/c1-25-13-26(2)18-35(17-25)39(36-19-27(3)14-28(4)20-36)33(9)11-12-34(10)40(37-21-29(5)15-30(6)22-37)38-23-31(7)16-32(8)24-38;1-8(2)10-6-4-9(3)5-7-10;;;/h11-24,33-34H,1-10H3;4-8H,1-3H3;2*1H;/q;;;;+2/p-2/b12-11-;;;;/t33-,34-;;;;/m1..../s1. The Morgan fingerprint density at radius 1 is 0.415 bits per heavy atom. The van der Waals surface area contributed by atoms with Gasteiger partial charge < -0.3 is 0 Å². The number of benzene rings is 4. The summed E-state index contributed by atoms with van der Waals surface area (Å²) in [6, 6.07) is 28.5. The Morgan fingerprint density at radius 2 is 0.642 bits per heavy atom. The van der Waals surface area contributed by atoms with Crippen LogP contribution < -0.4 is 21.2 Å². The monoisotopic (exact) mass is 1050 g/mol. The zero-order valence-electron chi connectivity index (χ0n) is 34.1. The third kappa shape index (κ3) is 15.4. The molecule has 0 amide bonds. The van der Waals surface area contributed by atoms with Gasteiger partial charge >= 0.3 is 49.6 Å². The Bertz CT molecular complexity index is 1470. The molecule has 5 rings (SSSR count). The quantitative estimate of drug-likeness (QED) is 0.0678. The molecule has 0 heterocycles. The second-order valence-electron chi connectivity index (χ2n) is 15.1. The Kier molecular flexibility index (Phi) is 20.4. The van der Waals surface area contributed by atoms with Crippen molar-refractivity contribution >= 4 is 76.6 Å². The van der Waals surface area contributed by atoms with E-state index in [-0.39, 0.29) is 0 Å². The number of halogens is 2. The summed E-state index contributed by atoms with van der Waals surface area (Å²) in [6.45, 7) is 29.3. The Balaban J connectivity index is 0.000000492. The first-order valence-electron chi connectivity index (χ1n) is 18.5. The van der Waals surface area contributed by atoms with Crippen LogP contribution in [0.2, 0.25) is 0 Å². The number of allylic oxidation sites excluding steroid dienone is 2. The van der Waals surface area contributed by atoms with E-state index in [1.807, 2.05) is 0 Å². The summed E-state index contributed by atoms with van der Waals surface area (Å²) in [6.07, 6.45) is 13.8. The summed E-state index contributed by atoms with van der Waals surface area (Å²) in [5, 5.41) is 5.92. The summed E-state index contributed by atoms with van der Waals surface area (Å²) >= 11 is 4.73. The average molecular weight is 1050 g/mol. The number of rotatable bonds is 9. The molecule has 5 heteroatoms. The third-order valence-corrected chi connectivity index (χ3v) is 14.4. The molecule has 0 aliphatic heterocycles. The van der Waals surface area contributed by atoms with Crippen molar-refractivity contribution in [3.05, 3.63) is 167 Å². The van der Waals surface area contributed by atoms with Gasteiger partial charge in [0.15, 0.2) is 0 Å². The predicted molar refractivity (Wildman–Crippen MR) is 256 cm³/mol. The van der Waals surface area contributed by atoms with Crippen molar-refractivity contribution in [2.75, 3.05) is 0 Å². The van der Waals surface area contributed by atoms with E-state index in [9.17, 15) is 0 Å². The molecule has 1 aliphatic rings. The average Bonchev–Trinajstić information content (AvgIpc) is 3.03. The van der Waals surface area contributed by atoms with Crippen LogP contribution in [0.1, 0.15) is 79.1 Å². The molecule has 0 unspecified atom stereocenters. The fraction of sp³-hybridized carbons (Fsp3) is 0.333. The molecule has 2 atom stereocenters. The van der Waals surface area contributed by atoms with Crippen LogP contribution in [0.15, 0.2) is 84.9 Å². The molecule has 284 valence electrons. The van der Waals surface area contributed by atoms with Crippen LogP contribution in [-0.4, -0.2) is 11.3 Å². The minimum absolute atomic E-state index is 0.426. The van der Waals surface area contributed by atoms with Crippen molar-refractivity contribution in [2.45, 2.75) is 101 Å². The molecule has 1 fully saturated rings. The second kappa shape index (κ2) is 23.1. The van der Waals surface area contributed by atoms with Gasteiger partial charge in [-0.15, -0.1) is 0 Å². The molecule has 4 aromatic rings. The van der Waals surface area contributed by atoms with E-state index < -0.39 is 15.8 Å². The second-order valence-corrected chi connectivity index (χ2v) is 33.7. The zero-order valence-corrected chi connectivity index (χ0v) is 42.0. The van der Waals surface area contributed by atoms with Crippen LogP contribution in [0.4, 0.5) is 0 Å². The number of aryl methyl sites for hydroxylation is 8. The van der Waals surface area contributed by atoms with E-state index in [0.717, 1.165) is 0 Å². The van der Waals surface area contributed by atoms with Crippen LogP contribution in [0.25, 0.3) is 0 Å². The molecule has 6 radical (unpaired) electrons. The number of hydrogen-bond donors (Lipinski definition) is 0. The van der Waals surface area contributed by atoms with E-state index in [1.165, 1.54) is 77.6 Å². The summed E-state index contributed by atoms with van der Waals surface area (Å²) in [4.78, 5) is 0. The van der Waals surface area contributed by atoms with Gasteiger partial charge in [-0.25, -0.2) is 0 Å². The minimum atomic E-state index is -0.536. The van der Waals surface area contributed by atoms with Crippen molar-refractivity contribution in [1.82, 2.24) is 0 Å². The van der Waals surface area contributed by atoms with Crippen molar-refractivity contribution in [1.29, 1.82) is 0 Å². The molecule has 4 aromatic carbocycles. The summed E-state index contributed by atoms with van der Waals surface area (Å²) in [5.74, 6) is 3.41. The van der Waals surface area contributed by atoms with Gasteiger partial charge in [0.2, 0.25) is 0 Å². The van der Waals surface area contributed by atoms with Gasteiger partial charge in [-0.1, -0.05) is 164 Å². The third-order valence-electron chi connectivity index (χ3n) is 9.17. The summed E-state index contributed by atoms with van der Waals surface area (Å²) in [7, 11) is -0.421. The molecule has 0 aromatic heterocycles. The molecular formula is C48H60I2P2Ru. The molecular weight excluding hydrogens is 993 g/mol. The SMILES string of the molecule is C[C]1[CH][CH][C](C(C)C)[CH][CH]1.Cc1cc(C)cc(P(c2cc(C)cc(C)c2)[C@H](C)/C=C\[C@@H](C)P(c2cc(C)cc(C)c2)c2cc(C)cc(C)c2)c1.[I][Ru][I]. The maximum absolute atomic E-state index is 2.53. The Hall–Kier alpha value is -0.437. The van der Waals surface area contributed by atoms with Crippen molar-refractivity contribution in [3.8, 4) is 0 Å². The molecule has 0 saturated heterocycles. The van der Waals surface area contributed by atoms with Gasteiger partial charge in [0.1, 0.15) is 0 Å². The van der Waals surface area contributed by atoms with Crippen LogP contribution in [0.3, 0.4) is 0 Å².